The summed E-state index contributed by atoms with van der Waals surface area (Å²) in [6, 6.07) is 10.4. The molecule has 0 saturated carbocycles. The Labute approximate surface area is 168 Å². The molecule has 0 saturated heterocycles. The summed E-state index contributed by atoms with van der Waals surface area (Å²) in [6.45, 7) is 5.51. The molecule has 1 heterocycles. The fraction of sp³-hybridized carbons (Fsp3) is 0.450. The molecule has 0 aromatic heterocycles. The van der Waals surface area contributed by atoms with E-state index in [9.17, 15) is 4.79 Å². The topological polar surface area (TPSA) is 58.4 Å². The number of carbonyl (C=O) groups is 1. The van der Waals surface area contributed by atoms with Gasteiger partial charge in [-0.2, -0.15) is 0 Å². The molecular weight excluding hydrogens is 369 g/mol. The number of unbranched alkanes of at least 4 members (excludes halogenated alkanes) is 2. The number of nitrogens with one attached hydrogen (secondary N) is 1. The molecule has 0 aliphatic carbocycles. The van der Waals surface area contributed by atoms with Crippen LogP contribution in [0.3, 0.4) is 0 Å². The number of carbonyl (C=O) groups excluding carboxylic acids is 1. The Morgan fingerprint density at radius 3 is 2.62 bits per heavy atom. The van der Waals surface area contributed by atoms with E-state index in [1.807, 2.05) is 17.0 Å². The van der Waals surface area contributed by atoms with Crippen molar-refractivity contribution in [1.82, 2.24) is 5.32 Å². The van der Waals surface area contributed by atoms with Crippen molar-refractivity contribution in [3.05, 3.63) is 41.5 Å². The summed E-state index contributed by atoms with van der Waals surface area (Å²) in [5, 5.41) is 5.81. The minimum absolute atomic E-state index is 0. The number of amides is 1. The van der Waals surface area contributed by atoms with Crippen LogP contribution in [0, 0.1) is 0 Å². The summed E-state index contributed by atoms with van der Waals surface area (Å²) < 4.78 is 0. The molecule has 0 spiro atoms. The van der Waals surface area contributed by atoms with Crippen LogP contribution in [0.15, 0.2) is 30.3 Å². The summed E-state index contributed by atoms with van der Waals surface area (Å²) in [6.07, 6.45) is 4.28. The average Bonchev–Trinajstić information content (AvgIpc) is 2.88. The lowest BCUT2D eigenvalue weighted by Crippen LogP contribution is -2.27. The smallest absolute Gasteiger partial charge is 0.258 e. The molecule has 0 atom stereocenters. The van der Waals surface area contributed by atoms with E-state index in [1.165, 1.54) is 10.9 Å². The Bertz CT molecular complexity index is 736. The normalized spacial score (nSPS) is 12.2. The molecule has 6 heteroatoms. The maximum absolute atomic E-state index is 12.7. The molecule has 4 nitrogen and oxygen atoms in total. The first-order chi connectivity index (χ1) is 11.8. The monoisotopic (exact) mass is 397 g/mol. The van der Waals surface area contributed by atoms with Crippen LogP contribution in [0.25, 0.3) is 10.8 Å². The van der Waals surface area contributed by atoms with Gasteiger partial charge in [0, 0.05) is 24.0 Å². The van der Waals surface area contributed by atoms with Crippen LogP contribution in [0.5, 0.6) is 0 Å². The summed E-state index contributed by atoms with van der Waals surface area (Å²) in [7, 11) is 0. The van der Waals surface area contributed by atoms with Gasteiger partial charge < -0.3 is 16.0 Å². The quantitative estimate of drug-likeness (QED) is 0.620. The fourth-order valence-corrected chi connectivity index (χ4v) is 3.42. The zero-order valence-electron chi connectivity index (χ0n) is 15.3. The number of nitrogens with zero attached hydrogens (tertiary/aromatic N) is 1. The summed E-state index contributed by atoms with van der Waals surface area (Å²) in [5.41, 5.74) is 8.72. The lowest BCUT2D eigenvalue weighted by molar-refractivity contribution is 0.0993. The number of benzene rings is 2. The molecule has 1 aliphatic heterocycles. The van der Waals surface area contributed by atoms with Crippen molar-refractivity contribution in [3.63, 3.8) is 0 Å². The van der Waals surface area contributed by atoms with Crippen molar-refractivity contribution < 1.29 is 4.79 Å². The maximum Gasteiger partial charge on any atom is 0.258 e. The molecule has 1 aliphatic rings. The Hall–Kier alpha value is -1.33. The second-order valence-electron chi connectivity index (χ2n) is 6.45. The highest BCUT2D eigenvalue weighted by atomic mass is 35.5. The summed E-state index contributed by atoms with van der Waals surface area (Å²) in [4.78, 5) is 14.7. The van der Waals surface area contributed by atoms with Crippen LogP contribution in [0.1, 0.15) is 48.5 Å². The largest absolute Gasteiger partial charge is 0.330 e. The Balaban J connectivity index is 0.00000169. The van der Waals surface area contributed by atoms with Crippen molar-refractivity contribution in [2.75, 3.05) is 24.5 Å². The highest BCUT2D eigenvalue weighted by Gasteiger charge is 2.29. The Kier molecular flexibility index (Phi) is 9.37. The van der Waals surface area contributed by atoms with Crippen LogP contribution in [0.4, 0.5) is 5.69 Å². The van der Waals surface area contributed by atoms with E-state index in [-0.39, 0.29) is 30.7 Å². The fourth-order valence-electron chi connectivity index (χ4n) is 3.42. The third-order valence-electron chi connectivity index (χ3n) is 4.73. The van der Waals surface area contributed by atoms with Gasteiger partial charge in [-0.15, -0.1) is 24.8 Å². The van der Waals surface area contributed by atoms with Gasteiger partial charge in [-0.1, -0.05) is 31.5 Å². The minimum Gasteiger partial charge on any atom is -0.330 e. The van der Waals surface area contributed by atoms with Crippen molar-refractivity contribution >= 4 is 47.2 Å². The zero-order chi connectivity index (χ0) is 16.9. The molecule has 0 fully saturated rings. The SMILES string of the molecule is CCCCN1C(=O)c2cccc3c(CNCCCCN)ccc1c23.Cl.Cl. The third kappa shape index (κ3) is 4.49. The molecule has 26 heavy (non-hydrogen) atoms. The second-order valence-corrected chi connectivity index (χ2v) is 6.45. The molecular formula is C20H29Cl2N3O. The van der Waals surface area contributed by atoms with Crippen molar-refractivity contribution in [3.8, 4) is 0 Å². The van der Waals surface area contributed by atoms with Crippen LogP contribution in [0.2, 0.25) is 0 Å². The van der Waals surface area contributed by atoms with E-state index in [1.54, 1.807) is 0 Å². The number of anilines is 1. The molecule has 0 radical (unpaired) electrons. The first-order valence-electron chi connectivity index (χ1n) is 9.05. The van der Waals surface area contributed by atoms with E-state index in [0.29, 0.717) is 0 Å². The standard InChI is InChI=1S/C20H27N3O.2ClH/c1-2-3-13-23-18-10-9-15(14-22-12-5-4-11-21)16-7-6-8-17(19(16)18)20(23)24;;/h6-10,22H,2-5,11-14,21H2,1H3;2*1H. The van der Waals surface area contributed by atoms with Gasteiger partial charge in [0.15, 0.2) is 0 Å². The number of rotatable bonds is 9. The molecule has 144 valence electrons. The van der Waals surface area contributed by atoms with Gasteiger partial charge in [0.25, 0.3) is 5.91 Å². The average molecular weight is 398 g/mol. The molecule has 0 bridgehead atoms. The minimum atomic E-state index is 0. The predicted molar refractivity (Wildman–Crippen MR) is 115 cm³/mol. The van der Waals surface area contributed by atoms with E-state index >= 15 is 0 Å². The van der Waals surface area contributed by atoms with Crippen molar-refractivity contribution in [2.45, 2.75) is 39.2 Å². The predicted octanol–water partition coefficient (Wildman–Crippen LogP) is 4.27. The van der Waals surface area contributed by atoms with Crippen LogP contribution >= 0.6 is 24.8 Å². The first-order valence-corrected chi connectivity index (χ1v) is 9.05. The maximum atomic E-state index is 12.7. The number of nitrogens with two attached hydrogens (primary N) is 1. The lowest BCUT2D eigenvalue weighted by Gasteiger charge is -2.17. The van der Waals surface area contributed by atoms with Gasteiger partial charge in [0.1, 0.15) is 0 Å². The van der Waals surface area contributed by atoms with E-state index in [0.717, 1.165) is 68.5 Å². The Morgan fingerprint density at radius 1 is 1.08 bits per heavy atom. The molecule has 0 unspecified atom stereocenters. The summed E-state index contributed by atoms with van der Waals surface area (Å²) >= 11 is 0. The third-order valence-corrected chi connectivity index (χ3v) is 4.73. The van der Waals surface area contributed by atoms with Crippen LogP contribution < -0.4 is 16.0 Å². The van der Waals surface area contributed by atoms with Crippen LogP contribution in [-0.2, 0) is 6.54 Å². The lowest BCUT2D eigenvalue weighted by atomic mass is 10.0. The molecule has 2 aromatic carbocycles. The van der Waals surface area contributed by atoms with Gasteiger partial charge >= 0.3 is 0 Å². The van der Waals surface area contributed by atoms with Crippen molar-refractivity contribution in [1.29, 1.82) is 0 Å². The summed E-state index contributed by atoms with van der Waals surface area (Å²) in [5.74, 6) is 0.150. The molecule has 1 amide bonds. The van der Waals surface area contributed by atoms with Crippen molar-refractivity contribution in [2.24, 2.45) is 5.73 Å². The zero-order valence-corrected chi connectivity index (χ0v) is 16.9. The molecule has 3 N–H and O–H groups in total. The number of hydrogen-bond donors (Lipinski definition) is 2. The second kappa shape index (κ2) is 10.7. The number of hydrogen-bond acceptors (Lipinski definition) is 3. The highest BCUT2D eigenvalue weighted by molar-refractivity contribution is 6.25. The number of halogens is 2. The van der Waals surface area contributed by atoms with Crippen LogP contribution in [-0.4, -0.2) is 25.5 Å². The van der Waals surface area contributed by atoms with Gasteiger partial charge in [0.2, 0.25) is 0 Å². The molecule has 2 aromatic rings. The van der Waals surface area contributed by atoms with E-state index in [4.69, 9.17) is 5.73 Å². The molecule has 3 rings (SSSR count). The van der Waals surface area contributed by atoms with E-state index < -0.39 is 0 Å². The first kappa shape index (κ1) is 22.7. The van der Waals surface area contributed by atoms with Gasteiger partial charge in [-0.25, -0.2) is 0 Å². The Morgan fingerprint density at radius 2 is 1.88 bits per heavy atom. The highest BCUT2D eigenvalue weighted by Crippen LogP contribution is 2.38. The van der Waals surface area contributed by atoms with E-state index in [2.05, 4.69) is 30.4 Å². The van der Waals surface area contributed by atoms with Gasteiger partial charge in [-0.05, 0) is 55.4 Å². The van der Waals surface area contributed by atoms with Gasteiger partial charge in [0.05, 0.1) is 5.69 Å². The van der Waals surface area contributed by atoms with Gasteiger partial charge in [-0.3, -0.25) is 4.79 Å².